The van der Waals surface area contributed by atoms with E-state index in [2.05, 4.69) is 0 Å². The van der Waals surface area contributed by atoms with E-state index in [1.165, 1.54) is 31.4 Å². The Morgan fingerprint density at radius 2 is 2.04 bits per heavy atom. The number of nitrogens with zero attached hydrogens (tertiary/aromatic N) is 2. The summed E-state index contributed by atoms with van der Waals surface area (Å²) in [4.78, 5) is 37.4. The SMILES string of the molecule is CP(C)(=O)/C=C/C1CN(C(=O)C(F)(F)F)CCC(n2ccc(=O)[nH]c2=O)O1. The average molecular weight is 409 g/mol. The van der Waals surface area contributed by atoms with E-state index in [9.17, 15) is 32.1 Å². The highest BCUT2D eigenvalue weighted by Gasteiger charge is 2.44. The topological polar surface area (TPSA) is 101 Å². The second-order valence-corrected chi connectivity index (χ2v) is 9.63. The normalized spacial score (nSPS) is 22.0. The summed E-state index contributed by atoms with van der Waals surface area (Å²) >= 11 is 0. The van der Waals surface area contributed by atoms with Gasteiger partial charge in [-0.2, -0.15) is 13.2 Å². The van der Waals surface area contributed by atoms with Crippen LogP contribution in [0.25, 0.3) is 0 Å². The monoisotopic (exact) mass is 409 g/mol. The zero-order valence-electron chi connectivity index (χ0n) is 14.6. The molecule has 0 aliphatic carbocycles. The van der Waals surface area contributed by atoms with Gasteiger partial charge in [0, 0.05) is 25.2 Å². The molecule has 0 radical (unpaired) electrons. The Labute approximate surface area is 152 Å². The quantitative estimate of drug-likeness (QED) is 0.760. The molecule has 12 heteroatoms. The van der Waals surface area contributed by atoms with E-state index < -0.39 is 49.4 Å². The lowest BCUT2D eigenvalue weighted by Crippen LogP contribution is -2.44. The predicted molar refractivity (Wildman–Crippen MR) is 91.1 cm³/mol. The molecule has 2 rings (SSSR count). The lowest BCUT2D eigenvalue weighted by Gasteiger charge is -2.23. The Morgan fingerprint density at radius 3 is 2.59 bits per heavy atom. The first-order chi connectivity index (χ1) is 12.4. The summed E-state index contributed by atoms with van der Waals surface area (Å²) < 4.78 is 57.0. The molecule has 2 unspecified atom stereocenters. The van der Waals surface area contributed by atoms with E-state index in [1.807, 2.05) is 4.98 Å². The molecule has 2 atom stereocenters. The molecule has 1 amide bonds. The molecular weight excluding hydrogens is 390 g/mol. The van der Waals surface area contributed by atoms with Crippen molar-refractivity contribution >= 4 is 13.0 Å². The first kappa shape index (κ1) is 21.2. The number of hydrogen-bond donors (Lipinski definition) is 1. The van der Waals surface area contributed by atoms with Crippen molar-refractivity contribution in [1.29, 1.82) is 0 Å². The number of aromatic nitrogens is 2. The zero-order valence-corrected chi connectivity index (χ0v) is 15.5. The summed E-state index contributed by atoms with van der Waals surface area (Å²) in [6.45, 7) is 2.20. The number of alkyl halides is 3. The lowest BCUT2D eigenvalue weighted by molar-refractivity contribution is -0.185. The fourth-order valence-corrected chi connectivity index (χ4v) is 3.13. The Morgan fingerprint density at radius 1 is 1.37 bits per heavy atom. The summed E-state index contributed by atoms with van der Waals surface area (Å²) in [7, 11) is -2.63. The lowest BCUT2D eigenvalue weighted by atomic mass is 10.3. The number of H-pyrrole nitrogens is 1. The van der Waals surface area contributed by atoms with Gasteiger partial charge in [0.05, 0.1) is 12.6 Å². The van der Waals surface area contributed by atoms with Crippen molar-refractivity contribution in [1.82, 2.24) is 14.5 Å². The van der Waals surface area contributed by atoms with Crippen LogP contribution in [-0.2, 0) is 14.1 Å². The van der Waals surface area contributed by atoms with Crippen molar-refractivity contribution < 1.29 is 27.3 Å². The van der Waals surface area contributed by atoms with Gasteiger partial charge >= 0.3 is 17.8 Å². The molecule has 150 valence electrons. The van der Waals surface area contributed by atoms with Crippen LogP contribution < -0.4 is 11.2 Å². The Kier molecular flexibility index (Phi) is 6.16. The second kappa shape index (κ2) is 7.85. The van der Waals surface area contributed by atoms with Crippen molar-refractivity contribution in [3.05, 3.63) is 45.0 Å². The Hall–Kier alpha value is -2.13. The number of hydrogen-bond acceptors (Lipinski definition) is 5. The van der Waals surface area contributed by atoms with E-state index in [4.69, 9.17) is 4.74 Å². The summed E-state index contributed by atoms with van der Waals surface area (Å²) in [5.41, 5.74) is -1.42. The second-order valence-electron chi connectivity index (χ2n) is 6.46. The van der Waals surface area contributed by atoms with Crippen LogP contribution in [-0.4, -0.2) is 59.1 Å². The summed E-state index contributed by atoms with van der Waals surface area (Å²) in [6, 6.07) is 1.07. The largest absolute Gasteiger partial charge is 0.471 e. The molecule has 0 spiro atoms. The third-order valence-corrected chi connectivity index (χ3v) is 4.62. The van der Waals surface area contributed by atoms with Gasteiger partial charge in [0.25, 0.3) is 5.56 Å². The highest BCUT2D eigenvalue weighted by Crippen LogP contribution is 2.38. The smallest absolute Gasteiger partial charge is 0.349 e. The van der Waals surface area contributed by atoms with E-state index in [-0.39, 0.29) is 13.0 Å². The highest BCUT2D eigenvalue weighted by atomic mass is 31.2. The highest BCUT2D eigenvalue weighted by molar-refractivity contribution is 7.65. The third kappa shape index (κ3) is 5.93. The fourth-order valence-electron chi connectivity index (χ4n) is 2.52. The molecule has 1 aromatic heterocycles. The van der Waals surface area contributed by atoms with Crippen LogP contribution >= 0.6 is 7.14 Å². The molecule has 0 saturated carbocycles. The minimum absolute atomic E-state index is 0.103. The molecule has 27 heavy (non-hydrogen) atoms. The van der Waals surface area contributed by atoms with E-state index in [1.54, 1.807) is 0 Å². The van der Waals surface area contributed by atoms with Crippen LogP contribution in [0.1, 0.15) is 12.6 Å². The molecule has 0 aromatic carbocycles. The van der Waals surface area contributed by atoms with Crippen LogP contribution in [0.5, 0.6) is 0 Å². The average Bonchev–Trinajstić information content (AvgIpc) is 2.73. The van der Waals surface area contributed by atoms with Gasteiger partial charge in [-0.05, 0) is 19.1 Å². The van der Waals surface area contributed by atoms with Gasteiger partial charge in [0.1, 0.15) is 13.4 Å². The maximum Gasteiger partial charge on any atom is 0.471 e. The van der Waals surface area contributed by atoms with Gasteiger partial charge in [-0.25, -0.2) is 4.79 Å². The molecule has 1 saturated heterocycles. The number of carbonyl (C=O) groups excluding carboxylic acids is 1. The standard InChI is InChI=1S/C15H19F3N3O5P/c1-27(2,25)8-5-10-9-20(13(23)15(16,17)18)6-4-12(26-10)21-7-3-11(22)19-14(21)24/h3,5,7-8,10,12H,4,6,9H2,1-2H3,(H,19,22,24)/b8-5+. The van der Waals surface area contributed by atoms with Gasteiger partial charge in [-0.3, -0.25) is 19.1 Å². The van der Waals surface area contributed by atoms with Crippen LogP contribution in [0.2, 0.25) is 0 Å². The molecule has 1 aromatic rings. The number of aromatic amines is 1. The maximum atomic E-state index is 12.8. The van der Waals surface area contributed by atoms with Crippen LogP contribution in [0.15, 0.2) is 33.7 Å². The number of amides is 1. The van der Waals surface area contributed by atoms with E-state index >= 15 is 0 Å². The number of carbonyl (C=O) groups is 1. The van der Waals surface area contributed by atoms with Crippen molar-refractivity contribution in [3.63, 3.8) is 0 Å². The molecule has 1 aliphatic heterocycles. The van der Waals surface area contributed by atoms with Gasteiger partial charge in [0.2, 0.25) is 0 Å². The van der Waals surface area contributed by atoms with Gasteiger partial charge in [-0.15, -0.1) is 0 Å². The van der Waals surface area contributed by atoms with Crippen molar-refractivity contribution in [2.45, 2.75) is 24.9 Å². The van der Waals surface area contributed by atoms with Crippen molar-refractivity contribution in [3.8, 4) is 0 Å². The fraction of sp³-hybridized carbons (Fsp3) is 0.533. The van der Waals surface area contributed by atoms with Gasteiger partial charge in [-0.1, -0.05) is 6.08 Å². The van der Waals surface area contributed by atoms with Crippen molar-refractivity contribution in [2.24, 2.45) is 0 Å². The van der Waals surface area contributed by atoms with Gasteiger partial charge in [0.15, 0.2) is 0 Å². The van der Waals surface area contributed by atoms with Crippen LogP contribution in [0.3, 0.4) is 0 Å². The van der Waals surface area contributed by atoms with E-state index in [0.717, 1.165) is 10.6 Å². The third-order valence-electron chi connectivity index (χ3n) is 3.73. The molecule has 2 heterocycles. The van der Waals surface area contributed by atoms with Crippen molar-refractivity contribution in [2.75, 3.05) is 26.4 Å². The molecule has 1 fully saturated rings. The Bertz CT molecular complexity index is 886. The summed E-state index contributed by atoms with van der Waals surface area (Å²) in [5, 5.41) is 0. The Balaban J connectivity index is 2.36. The number of halogens is 3. The molecule has 8 nitrogen and oxygen atoms in total. The molecule has 0 bridgehead atoms. The minimum atomic E-state index is -5.05. The summed E-state index contributed by atoms with van der Waals surface area (Å²) in [5.74, 6) is -0.693. The van der Waals surface area contributed by atoms with Gasteiger partial charge < -0.3 is 14.2 Å². The maximum absolute atomic E-state index is 12.8. The zero-order chi connectivity index (χ0) is 20.4. The van der Waals surface area contributed by atoms with E-state index in [0.29, 0.717) is 4.90 Å². The minimum Gasteiger partial charge on any atom is -0.349 e. The number of rotatable bonds is 3. The number of ether oxygens (including phenoxy) is 1. The first-order valence-electron chi connectivity index (χ1n) is 7.94. The molecular formula is C15H19F3N3O5P. The first-order valence-corrected chi connectivity index (χ1v) is 10.6. The predicted octanol–water partition coefficient (Wildman–Crippen LogP) is 1.35. The molecule has 1 N–H and O–H groups in total. The van der Waals surface area contributed by atoms with Crippen LogP contribution in [0.4, 0.5) is 13.2 Å². The summed E-state index contributed by atoms with van der Waals surface area (Å²) in [6.07, 6.45) is -4.69. The van der Waals surface area contributed by atoms with Crippen LogP contribution in [0, 0.1) is 0 Å². The number of nitrogens with one attached hydrogen (secondary N) is 1. The molecule has 1 aliphatic rings.